The summed E-state index contributed by atoms with van der Waals surface area (Å²) in [5, 5.41) is 2.52. The van der Waals surface area contributed by atoms with Crippen molar-refractivity contribution in [2.45, 2.75) is 11.8 Å². The van der Waals surface area contributed by atoms with E-state index in [1.807, 2.05) is 18.2 Å². The molecule has 0 radical (unpaired) electrons. The molecule has 0 aliphatic carbocycles. The van der Waals surface area contributed by atoms with Crippen LogP contribution in [0.25, 0.3) is 0 Å². The normalized spacial score (nSPS) is 11.2. The Morgan fingerprint density at radius 2 is 2.05 bits per heavy atom. The molecule has 0 fully saturated rings. The number of thioether (sulfide) groups is 1. The molecular weight excluding hydrogens is 298 g/mol. The maximum absolute atomic E-state index is 11.7. The number of nitrogens with two attached hydrogens (primary N) is 1. The highest BCUT2D eigenvalue weighted by Crippen LogP contribution is 2.24. The Kier molecular flexibility index (Phi) is 6.83. The van der Waals surface area contributed by atoms with Crippen LogP contribution in [0.5, 0.6) is 0 Å². The molecule has 20 heavy (non-hydrogen) atoms. The highest BCUT2D eigenvalue weighted by molar-refractivity contribution is 8.00. The van der Waals surface area contributed by atoms with E-state index in [-0.39, 0.29) is 18.2 Å². The van der Waals surface area contributed by atoms with Crippen LogP contribution in [-0.4, -0.2) is 38.9 Å². The molecule has 8 heteroatoms. The van der Waals surface area contributed by atoms with Crippen molar-refractivity contribution in [3.8, 4) is 0 Å². The number of carbonyl (C=O) groups excluding carboxylic acids is 1. The van der Waals surface area contributed by atoms with Crippen LogP contribution in [0.1, 0.15) is 6.92 Å². The van der Waals surface area contributed by atoms with Crippen molar-refractivity contribution in [3.63, 3.8) is 0 Å². The second kappa shape index (κ2) is 8.13. The number of nitrogen functional groups attached to an aromatic ring is 1. The van der Waals surface area contributed by atoms with Gasteiger partial charge in [0.15, 0.2) is 0 Å². The van der Waals surface area contributed by atoms with Crippen molar-refractivity contribution < 1.29 is 13.2 Å². The number of nitrogens with one attached hydrogen (secondary N) is 2. The van der Waals surface area contributed by atoms with E-state index in [9.17, 15) is 13.2 Å². The van der Waals surface area contributed by atoms with Crippen LogP contribution in [0.3, 0.4) is 0 Å². The molecule has 0 unspecified atom stereocenters. The summed E-state index contributed by atoms with van der Waals surface area (Å²) in [6, 6.07) is 7.28. The lowest BCUT2D eigenvalue weighted by Gasteiger charge is -2.07. The Morgan fingerprint density at radius 3 is 2.70 bits per heavy atom. The van der Waals surface area contributed by atoms with Gasteiger partial charge in [0.2, 0.25) is 15.9 Å². The number of sulfonamides is 1. The molecule has 0 spiro atoms. The molecular formula is C12H19N3O3S2. The fourth-order valence-electron chi connectivity index (χ4n) is 1.38. The number of hydrogen-bond acceptors (Lipinski definition) is 5. The molecule has 4 N–H and O–H groups in total. The number of para-hydroxylation sites is 1. The van der Waals surface area contributed by atoms with E-state index in [1.54, 1.807) is 13.0 Å². The minimum Gasteiger partial charge on any atom is -0.398 e. The fraction of sp³-hybridized carbons (Fsp3) is 0.417. The third kappa shape index (κ3) is 6.27. The van der Waals surface area contributed by atoms with E-state index in [1.165, 1.54) is 11.8 Å². The van der Waals surface area contributed by atoms with Crippen molar-refractivity contribution in [2.24, 2.45) is 0 Å². The van der Waals surface area contributed by atoms with E-state index in [0.29, 0.717) is 18.0 Å². The van der Waals surface area contributed by atoms with E-state index >= 15 is 0 Å². The standard InChI is InChI=1S/C12H19N3O3S2/c1-2-14-12(16)9-15-20(17,18)8-7-19-11-6-4-3-5-10(11)13/h3-6,15H,2,7-9,13H2,1H3,(H,14,16). The van der Waals surface area contributed by atoms with Crippen LogP contribution in [-0.2, 0) is 14.8 Å². The predicted octanol–water partition coefficient (Wildman–Crippen LogP) is 0.416. The van der Waals surface area contributed by atoms with Crippen molar-refractivity contribution in [3.05, 3.63) is 24.3 Å². The SMILES string of the molecule is CCNC(=O)CNS(=O)(=O)CCSc1ccccc1N. The third-order valence-electron chi connectivity index (χ3n) is 2.36. The van der Waals surface area contributed by atoms with Gasteiger partial charge < -0.3 is 11.1 Å². The minimum absolute atomic E-state index is 0.0641. The molecule has 0 atom stereocenters. The third-order valence-corrected chi connectivity index (χ3v) is 5.03. The quantitative estimate of drug-likeness (QED) is 0.476. The van der Waals surface area contributed by atoms with Gasteiger partial charge in [0.25, 0.3) is 0 Å². The zero-order valence-corrected chi connectivity index (χ0v) is 12.9. The highest BCUT2D eigenvalue weighted by atomic mass is 32.2. The second-order valence-electron chi connectivity index (χ2n) is 3.98. The van der Waals surface area contributed by atoms with Crippen LogP contribution in [0.2, 0.25) is 0 Å². The summed E-state index contributed by atoms with van der Waals surface area (Å²) in [4.78, 5) is 12.0. The average molecular weight is 317 g/mol. The molecule has 0 saturated carbocycles. The predicted molar refractivity (Wildman–Crippen MR) is 82.1 cm³/mol. The van der Waals surface area contributed by atoms with Gasteiger partial charge >= 0.3 is 0 Å². The summed E-state index contributed by atoms with van der Waals surface area (Å²) in [6.45, 7) is 2.02. The van der Waals surface area contributed by atoms with Crippen LogP contribution in [0.4, 0.5) is 5.69 Å². The Bertz CT molecular complexity index is 547. The second-order valence-corrected chi connectivity index (χ2v) is 7.04. The number of carbonyl (C=O) groups is 1. The summed E-state index contributed by atoms with van der Waals surface area (Å²) in [5.74, 6) is -0.0271. The van der Waals surface area contributed by atoms with Crippen molar-refractivity contribution in [1.82, 2.24) is 10.0 Å². The van der Waals surface area contributed by atoms with Gasteiger partial charge in [0.05, 0.1) is 12.3 Å². The number of benzene rings is 1. The lowest BCUT2D eigenvalue weighted by atomic mass is 10.3. The van der Waals surface area contributed by atoms with E-state index in [0.717, 1.165) is 4.90 Å². The van der Waals surface area contributed by atoms with Gasteiger partial charge in [-0.2, -0.15) is 0 Å². The summed E-state index contributed by atoms with van der Waals surface area (Å²) in [6.07, 6.45) is 0. The summed E-state index contributed by atoms with van der Waals surface area (Å²) in [7, 11) is -3.45. The van der Waals surface area contributed by atoms with Gasteiger partial charge in [0.1, 0.15) is 0 Å². The van der Waals surface area contributed by atoms with Crippen LogP contribution >= 0.6 is 11.8 Å². The van der Waals surface area contributed by atoms with Crippen molar-refractivity contribution in [2.75, 3.05) is 30.3 Å². The lowest BCUT2D eigenvalue weighted by molar-refractivity contribution is -0.119. The Labute approximate surface area is 123 Å². The summed E-state index contributed by atoms with van der Waals surface area (Å²) < 4.78 is 25.6. The molecule has 1 rings (SSSR count). The smallest absolute Gasteiger partial charge is 0.235 e. The van der Waals surface area contributed by atoms with Gasteiger partial charge in [0, 0.05) is 22.9 Å². The molecule has 1 aromatic carbocycles. The molecule has 0 aromatic heterocycles. The zero-order valence-electron chi connectivity index (χ0n) is 11.3. The molecule has 6 nitrogen and oxygen atoms in total. The van der Waals surface area contributed by atoms with Gasteiger partial charge in [-0.1, -0.05) is 12.1 Å². The van der Waals surface area contributed by atoms with Gasteiger partial charge in [-0.05, 0) is 19.1 Å². The maximum atomic E-state index is 11.7. The topological polar surface area (TPSA) is 101 Å². The van der Waals surface area contributed by atoms with E-state index in [4.69, 9.17) is 5.73 Å². The molecule has 112 valence electrons. The van der Waals surface area contributed by atoms with Crippen LogP contribution in [0.15, 0.2) is 29.2 Å². The first kappa shape index (κ1) is 16.8. The number of anilines is 1. The van der Waals surface area contributed by atoms with Crippen LogP contribution < -0.4 is 15.8 Å². The van der Waals surface area contributed by atoms with Crippen LogP contribution in [0, 0.1) is 0 Å². The molecule has 0 aliphatic heterocycles. The molecule has 1 aromatic rings. The zero-order chi connectivity index (χ0) is 15.0. The molecule has 1 amide bonds. The van der Waals surface area contributed by atoms with Crippen molar-refractivity contribution >= 4 is 33.4 Å². The van der Waals surface area contributed by atoms with Gasteiger partial charge in [-0.3, -0.25) is 4.79 Å². The number of likely N-dealkylation sites (N-methyl/N-ethyl adjacent to an activating group) is 1. The Hall–Kier alpha value is -1.25. The largest absolute Gasteiger partial charge is 0.398 e. The molecule has 0 bridgehead atoms. The molecule has 0 aliphatic rings. The first-order valence-corrected chi connectivity index (χ1v) is 8.79. The molecule has 0 saturated heterocycles. The van der Waals surface area contributed by atoms with E-state index in [2.05, 4.69) is 10.0 Å². The number of amides is 1. The highest BCUT2D eigenvalue weighted by Gasteiger charge is 2.12. The van der Waals surface area contributed by atoms with Gasteiger partial charge in [-0.25, -0.2) is 13.1 Å². The fourth-order valence-corrected chi connectivity index (χ4v) is 3.72. The minimum atomic E-state index is -3.45. The van der Waals surface area contributed by atoms with E-state index < -0.39 is 10.0 Å². The number of rotatable bonds is 8. The first-order chi connectivity index (χ1) is 9.44. The molecule has 0 heterocycles. The van der Waals surface area contributed by atoms with Gasteiger partial charge in [-0.15, -0.1) is 11.8 Å². The summed E-state index contributed by atoms with van der Waals surface area (Å²) in [5.41, 5.74) is 6.39. The Morgan fingerprint density at radius 1 is 1.35 bits per heavy atom. The summed E-state index contributed by atoms with van der Waals surface area (Å²) >= 11 is 1.37. The lowest BCUT2D eigenvalue weighted by Crippen LogP contribution is -2.38. The first-order valence-electron chi connectivity index (χ1n) is 6.16. The Balaban J connectivity index is 2.37. The van der Waals surface area contributed by atoms with Crippen molar-refractivity contribution in [1.29, 1.82) is 0 Å². The maximum Gasteiger partial charge on any atom is 0.235 e. The number of hydrogen-bond donors (Lipinski definition) is 3. The average Bonchev–Trinajstić information content (AvgIpc) is 2.39. The monoisotopic (exact) mass is 317 g/mol.